The molecule has 0 radical (unpaired) electrons. The lowest BCUT2D eigenvalue weighted by molar-refractivity contribution is 0.209. The second kappa shape index (κ2) is 5.24. The number of amides is 1. The number of ether oxygens (including phenoxy) is 1. The van der Waals surface area contributed by atoms with Crippen molar-refractivity contribution in [1.82, 2.24) is 9.38 Å². The molecule has 3 aromatic rings. The maximum atomic E-state index is 13.7. The number of nitrogen functional groups attached to an aromatic ring is 1. The lowest BCUT2D eigenvalue weighted by atomic mass is 10.3. The lowest BCUT2D eigenvalue weighted by Gasteiger charge is -2.08. The average Bonchev–Trinajstić information content (AvgIpc) is 2.81. The minimum atomic E-state index is -1.34. The molecule has 8 heteroatoms. The molecule has 22 heavy (non-hydrogen) atoms. The van der Waals surface area contributed by atoms with Crippen molar-refractivity contribution >= 4 is 23.2 Å². The molecular formula is C14H11FN4O3. The number of hydrogen-bond acceptors (Lipinski definition) is 4. The summed E-state index contributed by atoms with van der Waals surface area (Å²) in [7, 11) is 0. The molecule has 0 atom stereocenters. The minimum Gasteiger partial charge on any atom is -0.465 e. The van der Waals surface area contributed by atoms with Crippen LogP contribution >= 0.6 is 0 Å². The van der Waals surface area contributed by atoms with E-state index in [0.29, 0.717) is 17.2 Å². The van der Waals surface area contributed by atoms with E-state index in [-0.39, 0.29) is 11.4 Å². The molecule has 2 aromatic heterocycles. The first kappa shape index (κ1) is 13.7. The topological polar surface area (TPSA) is 102 Å². The molecule has 2 heterocycles. The summed E-state index contributed by atoms with van der Waals surface area (Å²) in [4.78, 5) is 14.6. The van der Waals surface area contributed by atoms with Crippen LogP contribution in [0.5, 0.6) is 11.5 Å². The summed E-state index contributed by atoms with van der Waals surface area (Å²) < 4.78 is 20.9. The van der Waals surface area contributed by atoms with Crippen LogP contribution in [0.3, 0.4) is 0 Å². The number of benzene rings is 1. The average molecular weight is 302 g/mol. The van der Waals surface area contributed by atoms with E-state index in [1.54, 1.807) is 28.9 Å². The third kappa shape index (κ3) is 2.75. The monoisotopic (exact) mass is 302 g/mol. The third-order valence-electron chi connectivity index (χ3n) is 2.86. The normalized spacial score (nSPS) is 10.6. The SMILES string of the molecule is Nc1cn2cc(Oc3ccc(NC(=O)O)c(F)c3)ccc2n1. The molecule has 112 valence electrons. The van der Waals surface area contributed by atoms with Gasteiger partial charge in [0, 0.05) is 6.07 Å². The summed E-state index contributed by atoms with van der Waals surface area (Å²) >= 11 is 0. The van der Waals surface area contributed by atoms with Crippen molar-refractivity contribution in [3.8, 4) is 11.5 Å². The third-order valence-corrected chi connectivity index (χ3v) is 2.86. The molecule has 0 bridgehead atoms. The van der Waals surface area contributed by atoms with Crippen LogP contribution in [0.4, 0.5) is 20.7 Å². The van der Waals surface area contributed by atoms with Crippen molar-refractivity contribution in [2.24, 2.45) is 0 Å². The molecule has 0 aliphatic carbocycles. The van der Waals surface area contributed by atoms with Crippen LogP contribution in [0, 0.1) is 5.82 Å². The Morgan fingerprint density at radius 3 is 2.77 bits per heavy atom. The Balaban J connectivity index is 1.84. The molecular weight excluding hydrogens is 291 g/mol. The van der Waals surface area contributed by atoms with Crippen LogP contribution in [-0.2, 0) is 0 Å². The molecule has 0 saturated heterocycles. The van der Waals surface area contributed by atoms with Crippen molar-refractivity contribution in [2.45, 2.75) is 0 Å². The van der Waals surface area contributed by atoms with E-state index in [1.165, 1.54) is 12.1 Å². The molecule has 0 spiro atoms. The molecule has 1 amide bonds. The van der Waals surface area contributed by atoms with Gasteiger partial charge in [-0.3, -0.25) is 5.32 Å². The summed E-state index contributed by atoms with van der Waals surface area (Å²) in [6, 6.07) is 7.22. The van der Waals surface area contributed by atoms with Gasteiger partial charge in [0.2, 0.25) is 0 Å². The molecule has 1 aromatic carbocycles. The molecule has 0 unspecified atom stereocenters. The number of carbonyl (C=O) groups is 1. The number of carboxylic acid groups (broad SMARTS) is 1. The second-order valence-electron chi connectivity index (χ2n) is 4.47. The standard InChI is InChI=1S/C14H11FN4O3/c15-10-5-8(1-3-11(10)17-14(20)21)22-9-2-4-13-18-12(16)7-19(13)6-9/h1-7,17H,16H2,(H,20,21). The molecule has 0 fully saturated rings. The minimum absolute atomic E-state index is 0.141. The largest absolute Gasteiger partial charge is 0.465 e. The number of nitrogens with zero attached hydrogens (tertiary/aromatic N) is 2. The predicted octanol–water partition coefficient (Wildman–Crippen LogP) is 2.94. The van der Waals surface area contributed by atoms with Crippen LogP contribution in [0.25, 0.3) is 5.65 Å². The van der Waals surface area contributed by atoms with Gasteiger partial charge in [-0.15, -0.1) is 0 Å². The zero-order valence-corrected chi connectivity index (χ0v) is 11.2. The zero-order valence-electron chi connectivity index (χ0n) is 11.2. The van der Waals surface area contributed by atoms with Crippen molar-refractivity contribution < 1.29 is 19.0 Å². The highest BCUT2D eigenvalue weighted by Gasteiger charge is 2.08. The number of anilines is 2. The number of aromatic nitrogens is 2. The maximum Gasteiger partial charge on any atom is 0.409 e. The first-order valence-electron chi connectivity index (χ1n) is 6.23. The summed E-state index contributed by atoms with van der Waals surface area (Å²) in [6.07, 6.45) is 1.94. The number of nitrogens with two attached hydrogens (primary N) is 1. The van der Waals surface area contributed by atoms with E-state index in [0.717, 1.165) is 6.07 Å². The van der Waals surface area contributed by atoms with Gasteiger partial charge in [0.1, 0.15) is 23.0 Å². The fraction of sp³-hybridized carbons (Fsp3) is 0. The first-order valence-corrected chi connectivity index (χ1v) is 6.23. The van der Waals surface area contributed by atoms with Gasteiger partial charge in [0.15, 0.2) is 5.82 Å². The number of rotatable bonds is 3. The van der Waals surface area contributed by atoms with Crippen LogP contribution in [0.15, 0.2) is 42.7 Å². The highest BCUT2D eigenvalue weighted by molar-refractivity contribution is 5.83. The van der Waals surface area contributed by atoms with Gasteiger partial charge in [-0.2, -0.15) is 0 Å². The summed E-state index contributed by atoms with van der Waals surface area (Å²) in [6.45, 7) is 0. The van der Waals surface area contributed by atoms with E-state index < -0.39 is 11.9 Å². The van der Waals surface area contributed by atoms with Crippen LogP contribution in [-0.4, -0.2) is 20.6 Å². The first-order chi connectivity index (χ1) is 10.5. The molecule has 4 N–H and O–H groups in total. The summed E-state index contributed by atoms with van der Waals surface area (Å²) in [5, 5.41) is 10.5. The van der Waals surface area contributed by atoms with E-state index in [9.17, 15) is 9.18 Å². The Bertz CT molecular complexity index is 862. The van der Waals surface area contributed by atoms with Crippen molar-refractivity contribution in [1.29, 1.82) is 0 Å². The fourth-order valence-corrected chi connectivity index (χ4v) is 1.96. The Morgan fingerprint density at radius 2 is 2.05 bits per heavy atom. The van der Waals surface area contributed by atoms with Crippen LogP contribution < -0.4 is 15.8 Å². The lowest BCUT2D eigenvalue weighted by Crippen LogP contribution is -2.08. The number of nitrogens with one attached hydrogen (secondary N) is 1. The molecule has 3 rings (SSSR count). The molecule has 0 aliphatic rings. The van der Waals surface area contributed by atoms with Gasteiger partial charge in [-0.1, -0.05) is 0 Å². The number of pyridine rings is 1. The number of hydrogen-bond donors (Lipinski definition) is 3. The van der Waals surface area contributed by atoms with Gasteiger partial charge in [-0.05, 0) is 24.3 Å². The van der Waals surface area contributed by atoms with E-state index >= 15 is 0 Å². The van der Waals surface area contributed by atoms with E-state index in [2.05, 4.69) is 4.98 Å². The smallest absolute Gasteiger partial charge is 0.409 e. The molecule has 7 nitrogen and oxygen atoms in total. The van der Waals surface area contributed by atoms with Crippen LogP contribution in [0.2, 0.25) is 0 Å². The van der Waals surface area contributed by atoms with Crippen molar-refractivity contribution in [3.05, 3.63) is 48.5 Å². The molecule has 0 aliphatic heterocycles. The highest BCUT2D eigenvalue weighted by atomic mass is 19.1. The highest BCUT2D eigenvalue weighted by Crippen LogP contribution is 2.26. The van der Waals surface area contributed by atoms with Gasteiger partial charge >= 0.3 is 6.09 Å². The molecule has 0 saturated carbocycles. The summed E-state index contributed by atoms with van der Waals surface area (Å²) in [5.41, 5.74) is 6.12. The van der Waals surface area contributed by atoms with Crippen LogP contribution in [0.1, 0.15) is 0 Å². The second-order valence-corrected chi connectivity index (χ2v) is 4.47. The Labute approximate surface area is 123 Å². The van der Waals surface area contributed by atoms with E-state index in [4.69, 9.17) is 15.6 Å². The van der Waals surface area contributed by atoms with Gasteiger partial charge in [0.05, 0.1) is 18.1 Å². The maximum absolute atomic E-state index is 13.7. The van der Waals surface area contributed by atoms with Gasteiger partial charge in [0.25, 0.3) is 0 Å². The predicted molar refractivity (Wildman–Crippen MR) is 77.7 cm³/mol. The van der Waals surface area contributed by atoms with Crippen molar-refractivity contribution in [2.75, 3.05) is 11.1 Å². The number of imidazole rings is 1. The quantitative estimate of drug-likeness (QED) is 0.690. The fourth-order valence-electron chi connectivity index (χ4n) is 1.96. The van der Waals surface area contributed by atoms with Gasteiger partial charge < -0.3 is 20.0 Å². The Hall–Kier alpha value is -3.29. The number of fused-ring (bicyclic) bond motifs is 1. The number of halogens is 1. The van der Waals surface area contributed by atoms with Crippen molar-refractivity contribution in [3.63, 3.8) is 0 Å². The zero-order chi connectivity index (χ0) is 15.7. The van der Waals surface area contributed by atoms with E-state index in [1.807, 2.05) is 5.32 Å². The summed E-state index contributed by atoms with van der Waals surface area (Å²) in [5.74, 6) is 0.351. The van der Waals surface area contributed by atoms with Gasteiger partial charge in [-0.25, -0.2) is 14.2 Å². The Morgan fingerprint density at radius 1 is 1.27 bits per heavy atom. The Kier molecular flexibility index (Phi) is 3.26.